The van der Waals surface area contributed by atoms with Gasteiger partial charge in [0.1, 0.15) is 18.5 Å². The van der Waals surface area contributed by atoms with Crippen LogP contribution in [0.2, 0.25) is 0 Å². The van der Waals surface area contributed by atoms with Crippen molar-refractivity contribution in [2.24, 2.45) is 0 Å². The molecule has 156 valence electrons. The fraction of sp³-hybridized carbons (Fsp3) is 0.450. The Morgan fingerprint density at radius 1 is 1.38 bits per heavy atom. The molecule has 1 aliphatic heterocycles. The average molecular weight is 406 g/mol. The van der Waals surface area contributed by atoms with Gasteiger partial charge < -0.3 is 29.4 Å². The molecule has 1 fully saturated rings. The molecule has 1 atom stereocenters. The summed E-state index contributed by atoms with van der Waals surface area (Å²) in [6, 6.07) is 7.19. The summed E-state index contributed by atoms with van der Waals surface area (Å²) in [6.45, 7) is 1.63. The summed E-state index contributed by atoms with van der Waals surface area (Å²) in [5.74, 6) is 0.351. The molecule has 1 aromatic heterocycles. The number of morpholine rings is 1. The number of rotatable bonds is 7. The zero-order valence-electron chi connectivity index (χ0n) is 16.4. The number of nitriles is 1. The van der Waals surface area contributed by atoms with E-state index in [-0.39, 0.29) is 5.57 Å². The van der Waals surface area contributed by atoms with Crippen molar-refractivity contribution in [1.29, 1.82) is 5.26 Å². The summed E-state index contributed by atoms with van der Waals surface area (Å²) in [4.78, 5) is 6.83. The number of aliphatic hydroxyl groups is 1. The van der Waals surface area contributed by atoms with Gasteiger partial charge in [0.25, 0.3) is 6.43 Å². The van der Waals surface area contributed by atoms with Gasteiger partial charge in [-0.1, -0.05) is 0 Å². The zero-order chi connectivity index (χ0) is 21.0. The highest BCUT2D eigenvalue weighted by molar-refractivity contribution is 5.87. The topological polar surface area (TPSA) is 84.8 Å². The Hall–Kier alpha value is -2.83. The maximum Gasteiger partial charge on any atom is 0.272 e. The third kappa shape index (κ3) is 4.96. The number of H-pyrrole nitrogens is 1. The molecule has 0 saturated carbocycles. The third-order valence-corrected chi connectivity index (χ3v) is 4.55. The number of aromatic nitrogens is 1. The fourth-order valence-corrected chi connectivity index (χ4v) is 3.24. The third-order valence-electron chi connectivity index (χ3n) is 4.55. The van der Waals surface area contributed by atoms with Gasteiger partial charge in [0, 0.05) is 44.3 Å². The van der Waals surface area contributed by atoms with E-state index in [1.165, 1.54) is 0 Å². The molecular formula is C20H24F2N4O3. The van der Waals surface area contributed by atoms with Crippen LogP contribution in [-0.4, -0.2) is 68.4 Å². The van der Waals surface area contributed by atoms with E-state index in [0.29, 0.717) is 54.3 Å². The highest BCUT2D eigenvalue weighted by Crippen LogP contribution is 2.36. The average Bonchev–Trinajstić information content (AvgIpc) is 3.12. The van der Waals surface area contributed by atoms with Crippen molar-refractivity contribution >= 4 is 16.6 Å². The van der Waals surface area contributed by atoms with E-state index >= 15 is 0 Å². The molecule has 0 radical (unpaired) electrons. The summed E-state index contributed by atoms with van der Waals surface area (Å²) in [5.41, 5.74) is 2.03. The van der Waals surface area contributed by atoms with Crippen molar-refractivity contribution < 1.29 is 23.4 Å². The number of halogens is 2. The number of hydrogen-bond donors (Lipinski definition) is 2. The number of aliphatic hydroxyl groups excluding tert-OH is 1. The molecule has 2 aromatic rings. The summed E-state index contributed by atoms with van der Waals surface area (Å²) in [7, 11) is 3.52. The van der Waals surface area contributed by atoms with Crippen molar-refractivity contribution in [1.82, 2.24) is 9.88 Å². The number of nitrogens with one attached hydrogen (secondary N) is 1. The minimum Gasteiger partial charge on any atom is -0.485 e. The van der Waals surface area contributed by atoms with Gasteiger partial charge in [-0.05, 0) is 18.2 Å². The Labute approximate surface area is 167 Å². The fourth-order valence-electron chi connectivity index (χ4n) is 3.24. The summed E-state index contributed by atoms with van der Waals surface area (Å²) in [5, 5.41) is 20.6. The van der Waals surface area contributed by atoms with Crippen LogP contribution in [0.5, 0.6) is 5.75 Å². The summed E-state index contributed by atoms with van der Waals surface area (Å²) >= 11 is 0. The van der Waals surface area contributed by atoms with Crippen molar-refractivity contribution in [3.63, 3.8) is 0 Å². The van der Waals surface area contributed by atoms with Crippen LogP contribution in [0, 0.1) is 11.3 Å². The minimum absolute atomic E-state index is 0.184. The van der Waals surface area contributed by atoms with E-state index in [0.717, 1.165) is 0 Å². The molecule has 0 aliphatic carbocycles. The first-order valence-electron chi connectivity index (χ1n) is 9.25. The Bertz CT molecular complexity index is 914. The predicted octanol–water partition coefficient (Wildman–Crippen LogP) is 2.65. The number of ether oxygens (including phenoxy) is 2. The van der Waals surface area contributed by atoms with Gasteiger partial charge in [0.2, 0.25) is 0 Å². The number of benzene rings is 1. The molecule has 0 spiro atoms. The second kappa shape index (κ2) is 9.11. The van der Waals surface area contributed by atoms with Gasteiger partial charge in [0.15, 0.2) is 0 Å². The number of fused-ring (bicyclic) bond motifs is 1. The SMILES string of the molecule is CN(C)/C=C(\C#N)[C@H](O)c1cc2cc(OCC(F)F)c(N3CCOCC3)cc2[nH]1. The van der Waals surface area contributed by atoms with Crippen LogP contribution >= 0.6 is 0 Å². The van der Waals surface area contributed by atoms with E-state index < -0.39 is 19.1 Å². The van der Waals surface area contributed by atoms with Gasteiger partial charge in [-0.25, -0.2) is 8.78 Å². The van der Waals surface area contributed by atoms with E-state index in [2.05, 4.69) is 4.98 Å². The summed E-state index contributed by atoms with van der Waals surface area (Å²) in [6.07, 6.45) is -2.17. The van der Waals surface area contributed by atoms with Gasteiger partial charge >= 0.3 is 0 Å². The lowest BCUT2D eigenvalue weighted by Gasteiger charge is -2.30. The van der Waals surface area contributed by atoms with Crippen LogP contribution in [0.1, 0.15) is 11.8 Å². The van der Waals surface area contributed by atoms with Crippen molar-refractivity contribution in [2.75, 3.05) is 51.9 Å². The molecule has 0 unspecified atom stereocenters. The van der Waals surface area contributed by atoms with Crippen LogP contribution in [0.4, 0.5) is 14.5 Å². The first kappa shape index (κ1) is 20.9. The molecular weight excluding hydrogens is 382 g/mol. The van der Waals surface area contributed by atoms with E-state index in [1.54, 1.807) is 37.3 Å². The zero-order valence-corrected chi connectivity index (χ0v) is 16.4. The normalized spacial score (nSPS) is 16.2. The van der Waals surface area contributed by atoms with Crippen LogP contribution < -0.4 is 9.64 Å². The lowest BCUT2D eigenvalue weighted by molar-refractivity contribution is 0.0817. The predicted molar refractivity (Wildman–Crippen MR) is 105 cm³/mol. The second-order valence-corrected chi connectivity index (χ2v) is 7.00. The molecule has 7 nitrogen and oxygen atoms in total. The summed E-state index contributed by atoms with van der Waals surface area (Å²) < 4.78 is 36.2. The van der Waals surface area contributed by atoms with Gasteiger partial charge in [-0.2, -0.15) is 5.26 Å². The van der Waals surface area contributed by atoms with E-state index in [9.17, 15) is 19.1 Å². The van der Waals surface area contributed by atoms with E-state index in [1.807, 2.05) is 17.0 Å². The van der Waals surface area contributed by atoms with Crippen LogP contribution in [0.25, 0.3) is 10.9 Å². The highest BCUT2D eigenvalue weighted by Gasteiger charge is 2.21. The molecule has 1 aliphatic rings. The molecule has 3 rings (SSSR count). The maximum atomic E-state index is 12.7. The first-order valence-corrected chi connectivity index (χ1v) is 9.25. The number of nitrogens with zero attached hydrogens (tertiary/aromatic N) is 3. The van der Waals surface area contributed by atoms with Crippen molar-refractivity contribution in [3.05, 3.63) is 35.7 Å². The van der Waals surface area contributed by atoms with Crippen molar-refractivity contribution in [2.45, 2.75) is 12.5 Å². The second-order valence-electron chi connectivity index (χ2n) is 7.00. The quantitative estimate of drug-likeness (QED) is 0.688. The molecule has 2 N–H and O–H groups in total. The maximum absolute atomic E-state index is 12.7. The lowest BCUT2D eigenvalue weighted by atomic mass is 10.1. The largest absolute Gasteiger partial charge is 0.485 e. The number of aromatic amines is 1. The Balaban J connectivity index is 1.99. The number of hydrogen-bond acceptors (Lipinski definition) is 6. The van der Waals surface area contributed by atoms with Crippen LogP contribution in [0.3, 0.4) is 0 Å². The molecule has 0 amide bonds. The van der Waals surface area contributed by atoms with E-state index in [4.69, 9.17) is 9.47 Å². The van der Waals surface area contributed by atoms with Crippen LogP contribution in [0.15, 0.2) is 30.0 Å². The highest BCUT2D eigenvalue weighted by atomic mass is 19.3. The molecule has 1 saturated heterocycles. The Kier molecular flexibility index (Phi) is 6.56. The Morgan fingerprint density at radius 2 is 2.10 bits per heavy atom. The number of alkyl halides is 2. The first-order chi connectivity index (χ1) is 13.9. The number of anilines is 1. The monoisotopic (exact) mass is 406 g/mol. The molecule has 9 heteroatoms. The van der Waals surface area contributed by atoms with Gasteiger partial charge in [-0.3, -0.25) is 0 Å². The van der Waals surface area contributed by atoms with Gasteiger partial charge in [0.05, 0.1) is 36.2 Å². The molecule has 0 bridgehead atoms. The van der Waals surface area contributed by atoms with Gasteiger partial charge in [-0.15, -0.1) is 0 Å². The molecule has 1 aromatic carbocycles. The van der Waals surface area contributed by atoms with Crippen LogP contribution in [-0.2, 0) is 4.74 Å². The molecule has 2 heterocycles. The van der Waals surface area contributed by atoms with Crippen molar-refractivity contribution in [3.8, 4) is 11.8 Å². The minimum atomic E-state index is -2.58. The molecule has 29 heavy (non-hydrogen) atoms. The smallest absolute Gasteiger partial charge is 0.272 e. The lowest BCUT2D eigenvalue weighted by Crippen LogP contribution is -2.36. The standard InChI is InChI=1S/C20H24F2N4O3/c1-25(2)11-14(10-23)20(27)16-7-13-8-18(29-12-19(21)22)17(9-15(13)24-16)26-3-5-28-6-4-26/h7-9,11,19-20,24,27H,3-6,12H2,1-2H3/b14-11+/t20-/m0/s1. The Morgan fingerprint density at radius 3 is 2.72 bits per heavy atom.